The van der Waals surface area contributed by atoms with E-state index in [-0.39, 0.29) is 29.9 Å². The standard InChI is InChI=1S/C14H24N2O4/c1-11(17)16-6-3-14(4-7-16)5-8-20-9-12(14)15-13(18)10-19-2/h12H,3-10H2,1-2H3,(H,15,18)/t12-/m0/s1. The molecule has 0 aromatic rings. The van der Waals surface area contributed by atoms with Crippen molar-refractivity contribution in [3.05, 3.63) is 0 Å². The molecule has 2 heterocycles. The van der Waals surface area contributed by atoms with Crippen LogP contribution >= 0.6 is 0 Å². The van der Waals surface area contributed by atoms with Crippen molar-refractivity contribution in [2.24, 2.45) is 5.41 Å². The van der Waals surface area contributed by atoms with Crippen LogP contribution < -0.4 is 5.32 Å². The highest BCUT2D eigenvalue weighted by Gasteiger charge is 2.44. The summed E-state index contributed by atoms with van der Waals surface area (Å²) < 4.78 is 10.4. The van der Waals surface area contributed by atoms with E-state index in [4.69, 9.17) is 9.47 Å². The van der Waals surface area contributed by atoms with Gasteiger partial charge in [-0.1, -0.05) is 0 Å². The highest BCUT2D eigenvalue weighted by atomic mass is 16.5. The fourth-order valence-electron chi connectivity index (χ4n) is 3.25. The molecule has 0 unspecified atom stereocenters. The SMILES string of the molecule is COCC(=O)N[C@H]1COCCC12CCN(C(C)=O)CC2. The molecule has 0 saturated carbocycles. The zero-order chi connectivity index (χ0) is 14.6. The first-order valence-corrected chi connectivity index (χ1v) is 7.19. The van der Waals surface area contributed by atoms with E-state index in [0.717, 1.165) is 39.0 Å². The van der Waals surface area contributed by atoms with Crippen LogP contribution in [-0.4, -0.2) is 62.8 Å². The van der Waals surface area contributed by atoms with Crippen molar-refractivity contribution < 1.29 is 19.1 Å². The topological polar surface area (TPSA) is 67.9 Å². The maximum absolute atomic E-state index is 11.8. The average Bonchev–Trinajstić information content (AvgIpc) is 2.42. The molecule has 114 valence electrons. The van der Waals surface area contributed by atoms with Gasteiger partial charge in [-0.2, -0.15) is 0 Å². The number of likely N-dealkylation sites (tertiary alicyclic amines) is 1. The molecule has 0 aromatic heterocycles. The van der Waals surface area contributed by atoms with Gasteiger partial charge in [0, 0.05) is 33.7 Å². The van der Waals surface area contributed by atoms with Gasteiger partial charge >= 0.3 is 0 Å². The van der Waals surface area contributed by atoms with Gasteiger partial charge in [0.25, 0.3) is 0 Å². The molecule has 1 spiro atoms. The number of carbonyl (C=O) groups is 2. The zero-order valence-corrected chi connectivity index (χ0v) is 12.3. The lowest BCUT2D eigenvalue weighted by atomic mass is 9.69. The van der Waals surface area contributed by atoms with Crippen LogP contribution in [0.25, 0.3) is 0 Å². The van der Waals surface area contributed by atoms with Gasteiger partial charge < -0.3 is 19.7 Å². The molecule has 2 amide bonds. The van der Waals surface area contributed by atoms with Gasteiger partial charge in [0.15, 0.2) is 0 Å². The lowest BCUT2D eigenvalue weighted by Gasteiger charge is -2.48. The van der Waals surface area contributed by atoms with Crippen LogP contribution in [0.4, 0.5) is 0 Å². The van der Waals surface area contributed by atoms with Crippen LogP contribution in [0.15, 0.2) is 0 Å². The van der Waals surface area contributed by atoms with Crippen LogP contribution in [0.2, 0.25) is 0 Å². The molecule has 2 rings (SSSR count). The largest absolute Gasteiger partial charge is 0.379 e. The van der Waals surface area contributed by atoms with E-state index in [1.165, 1.54) is 7.11 Å². The second-order valence-electron chi connectivity index (χ2n) is 5.75. The number of ether oxygens (including phenoxy) is 2. The monoisotopic (exact) mass is 284 g/mol. The predicted molar refractivity (Wildman–Crippen MR) is 73.2 cm³/mol. The first-order valence-electron chi connectivity index (χ1n) is 7.19. The van der Waals surface area contributed by atoms with Gasteiger partial charge in [0.1, 0.15) is 6.61 Å². The molecule has 0 bridgehead atoms. The molecule has 20 heavy (non-hydrogen) atoms. The Morgan fingerprint density at radius 2 is 2.05 bits per heavy atom. The van der Waals surface area contributed by atoms with Crippen molar-refractivity contribution in [3.8, 4) is 0 Å². The van der Waals surface area contributed by atoms with E-state index in [1.807, 2.05) is 4.90 Å². The minimum absolute atomic E-state index is 0.0213. The van der Waals surface area contributed by atoms with Gasteiger partial charge in [0.2, 0.25) is 11.8 Å². The Labute approximate surface area is 119 Å². The Morgan fingerprint density at radius 1 is 1.35 bits per heavy atom. The molecule has 2 aliphatic heterocycles. The molecule has 1 N–H and O–H groups in total. The van der Waals surface area contributed by atoms with Crippen molar-refractivity contribution in [2.75, 3.05) is 40.0 Å². The summed E-state index contributed by atoms with van der Waals surface area (Å²) in [7, 11) is 1.51. The summed E-state index contributed by atoms with van der Waals surface area (Å²) in [4.78, 5) is 25.1. The van der Waals surface area contributed by atoms with Gasteiger partial charge in [0.05, 0.1) is 12.6 Å². The van der Waals surface area contributed by atoms with E-state index >= 15 is 0 Å². The Hall–Kier alpha value is -1.14. The van der Waals surface area contributed by atoms with E-state index in [9.17, 15) is 9.59 Å². The molecule has 0 aromatic carbocycles. The third kappa shape index (κ3) is 3.30. The number of methoxy groups -OCH3 is 1. The molecule has 2 fully saturated rings. The number of piperidine rings is 1. The predicted octanol–water partition coefficient (Wildman–Crippen LogP) is 0.167. The smallest absolute Gasteiger partial charge is 0.246 e. The van der Waals surface area contributed by atoms with Crippen LogP contribution in [-0.2, 0) is 19.1 Å². The number of rotatable bonds is 3. The maximum Gasteiger partial charge on any atom is 0.246 e. The summed E-state index contributed by atoms with van der Waals surface area (Å²) in [6.45, 7) is 4.51. The van der Waals surface area contributed by atoms with Crippen molar-refractivity contribution in [1.29, 1.82) is 0 Å². The fourth-order valence-corrected chi connectivity index (χ4v) is 3.25. The third-order valence-electron chi connectivity index (χ3n) is 4.58. The molecule has 1 atom stereocenters. The highest BCUT2D eigenvalue weighted by molar-refractivity contribution is 5.77. The Bertz CT molecular complexity index is 364. The molecule has 6 nitrogen and oxygen atoms in total. The summed E-state index contributed by atoms with van der Waals surface area (Å²) in [5.41, 5.74) is 0.0631. The van der Waals surface area contributed by atoms with Gasteiger partial charge in [-0.05, 0) is 24.7 Å². The first-order chi connectivity index (χ1) is 9.57. The molecular formula is C14H24N2O4. The van der Waals surface area contributed by atoms with Crippen LogP contribution in [0.1, 0.15) is 26.2 Å². The van der Waals surface area contributed by atoms with E-state index in [2.05, 4.69) is 5.32 Å². The fraction of sp³-hybridized carbons (Fsp3) is 0.857. The van der Waals surface area contributed by atoms with Crippen molar-refractivity contribution >= 4 is 11.8 Å². The lowest BCUT2D eigenvalue weighted by Crippen LogP contribution is -2.58. The summed E-state index contributed by atoms with van der Waals surface area (Å²) in [5.74, 6) is 0.0308. The van der Waals surface area contributed by atoms with Gasteiger partial charge in [-0.3, -0.25) is 9.59 Å². The van der Waals surface area contributed by atoms with Crippen molar-refractivity contribution in [2.45, 2.75) is 32.2 Å². The summed E-state index contributed by atoms with van der Waals surface area (Å²) in [6.07, 6.45) is 2.79. The minimum atomic E-state index is -0.101. The van der Waals surface area contributed by atoms with E-state index in [0.29, 0.717) is 6.61 Å². The number of carbonyl (C=O) groups excluding carboxylic acids is 2. The molecule has 2 aliphatic rings. The second-order valence-corrected chi connectivity index (χ2v) is 5.75. The molecule has 6 heteroatoms. The van der Waals surface area contributed by atoms with Crippen LogP contribution in [0, 0.1) is 5.41 Å². The first kappa shape index (κ1) is 15.3. The number of nitrogens with one attached hydrogen (secondary N) is 1. The van der Waals surface area contributed by atoms with Crippen molar-refractivity contribution in [1.82, 2.24) is 10.2 Å². The van der Waals surface area contributed by atoms with Crippen molar-refractivity contribution in [3.63, 3.8) is 0 Å². The average molecular weight is 284 g/mol. The summed E-state index contributed by atoms with van der Waals surface area (Å²) in [6, 6.07) is 0.0213. The quantitative estimate of drug-likeness (QED) is 0.802. The number of hydrogen-bond donors (Lipinski definition) is 1. The Balaban J connectivity index is 1.99. The summed E-state index contributed by atoms with van der Waals surface area (Å²) in [5, 5.41) is 3.03. The normalized spacial score (nSPS) is 25.5. The van der Waals surface area contributed by atoms with E-state index < -0.39 is 0 Å². The minimum Gasteiger partial charge on any atom is -0.379 e. The third-order valence-corrected chi connectivity index (χ3v) is 4.58. The number of nitrogens with zero attached hydrogens (tertiary/aromatic N) is 1. The second kappa shape index (κ2) is 6.54. The van der Waals surface area contributed by atoms with Gasteiger partial charge in [-0.15, -0.1) is 0 Å². The number of amides is 2. The molecule has 0 radical (unpaired) electrons. The van der Waals surface area contributed by atoms with Crippen LogP contribution in [0.3, 0.4) is 0 Å². The number of hydrogen-bond acceptors (Lipinski definition) is 4. The summed E-state index contributed by atoms with van der Waals surface area (Å²) >= 11 is 0. The molecule has 2 saturated heterocycles. The molecule has 0 aliphatic carbocycles. The zero-order valence-electron chi connectivity index (χ0n) is 12.3. The Morgan fingerprint density at radius 3 is 2.65 bits per heavy atom. The Kier molecular flexibility index (Phi) is 4.99. The highest BCUT2D eigenvalue weighted by Crippen LogP contribution is 2.40. The van der Waals surface area contributed by atoms with Crippen LogP contribution in [0.5, 0.6) is 0 Å². The molecular weight excluding hydrogens is 260 g/mol. The lowest BCUT2D eigenvalue weighted by molar-refractivity contribution is -0.136. The van der Waals surface area contributed by atoms with Gasteiger partial charge in [-0.25, -0.2) is 0 Å². The maximum atomic E-state index is 11.8. The van der Waals surface area contributed by atoms with E-state index in [1.54, 1.807) is 6.92 Å².